The summed E-state index contributed by atoms with van der Waals surface area (Å²) in [6, 6.07) is 15.1. The number of rotatable bonds is 8. The van der Waals surface area contributed by atoms with Crippen molar-refractivity contribution < 1.29 is 14.3 Å². The van der Waals surface area contributed by atoms with Crippen LogP contribution in [0.15, 0.2) is 48.5 Å². The molecule has 0 spiro atoms. The van der Waals surface area contributed by atoms with Gasteiger partial charge in [-0.2, -0.15) is 0 Å². The summed E-state index contributed by atoms with van der Waals surface area (Å²) in [7, 11) is 1.65. The van der Waals surface area contributed by atoms with E-state index in [-0.39, 0.29) is 5.91 Å². The summed E-state index contributed by atoms with van der Waals surface area (Å²) in [6.45, 7) is 5.47. The molecule has 0 saturated heterocycles. The third-order valence-electron chi connectivity index (χ3n) is 3.56. The Labute approximate surface area is 143 Å². The van der Waals surface area contributed by atoms with Gasteiger partial charge in [0.1, 0.15) is 11.5 Å². The second-order valence-electron chi connectivity index (χ2n) is 6.08. The fourth-order valence-corrected chi connectivity index (χ4v) is 2.18. The van der Waals surface area contributed by atoms with Crippen LogP contribution in [0, 0.1) is 5.92 Å². The molecule has 0 radical (unpaired) electrons. The molecule has 2 aromatic carbocycles. The molecule has 0 aliphatic carbocycles. The second kappa shape index (κ2) is 8.96. The lowest BCUT2D eigenvalue weighted by Crippen LogP contribution is -2.25. The highest BCUT2D eigenvalue weighted by atomic mass is 16.5. The summed E-state index contributed by atoms with van der Waals surface area (Å²) < 4.78 is 10.7. The number of amides is 1. The quantitative estimate of drug-likeness (QED) is 0.804. The summed E-state index contributed by atoms with van der Waals surface area (Å²) in [5.74, 6) is 2.03. The monoisotopic (exact) mass is 327 g/mol. The molecule has 0 unspecified atom stereocenters. The van der Waals surface area contributed by atoms with Crippen molar-refractivity contribution in [2.24, 2.45) is 5.92 Å². The fraction of sp³-hybridized carbons (Fsp3) is 0.350. The fourth-order valence-electron chi connectivity index (χ4n) is 2.18. The number of benzene rings is 2. The van der Waals surface area contributed by atoms with Crippen LogP contribution in [-0.4, -0.2) is 26.2 Å². The van der Waals surface area contributed by atoms with E-state index in [1.54, 1.807) is 19.2 Å². The van der Waals surface area contributed by atoms with Crippen LogP contribution in [0.3, 0.4) is 0 Å². The van der Waals surface area contributed by atoms with Crippen molar-refractivity contribution in [3.05, 3.63) is 59.7 Å². The van der Waals surface area contributed by atoms with E-state index in [2.05, 4.69) is 19.2 Å². The third kappa shape index (κ3) is 5.61. The summed E-state index contributed by atoms with van der Waals surface area (Å²) in [5.41, 5.74) is 1.80. The lowest BCUT2D eigenvalue weighted by atomic mass is 10.1. The standard InChI is InChI=1S/C20H25NO3/c1-15(2)14-24-19-10-6-17(7-11-19)20(22)21-13-12-16-4-8-18(23-3)9-5-16/h4-11,15H,12-14H2,1-3H3,(H,21,22). The van der Waals surface area contributed by atoms with Crippen LogP contribution in [0.2, 0.25) is 0 Å². The van der Waals surface area contributed by atoms with Gasteiger partial charge < -0.3 is 14.8 Å². The van der Waals surface area contributed by atoms with Crippen LogP contribution in [-0.2, 0) is 6.42 Å². The van der Waals surface area contributed by atoms with Gasteiger partial charge in [0, 0.05) is 12.1 Å². The number of nitrogens with one attached hydrogen (secondary N) is 1. The van der Waals surface area contributed by atoms with E-state index in [4.69, 9.17) is 9.47 Å². The van der Waals surface area contributed by atoms with Gasteiger partial charge in [-0.3, -0.25) is 4.79 Å². The first-order valence-electron chi connectivity index (χ1n) is 8.22. The minimum Gasteiger partial charge on any atom is -0.497 e. The van der Waals surface area contributed by atoms with Crippen LogP contribution >= 0.6 is 0 Å². The van der Waals surface area contributed by atoms with Crippen LogP contribution in [0.25, 0.3) is 0 Å². The Balaban J connectivity index is 1.79. The predicted molar refractivity (Wildman–Crippen MR) is 95.8 cm³/mol. The summed E-state index contributed by atoms with van der Waals surface area (Å²) >= 11 is 0. The molecule has 1 N–H and O–H groups in total. The maximum atomic E-state index is 12.1. The van der Waals surface area contributed by atoms with Gasteiger partial charge in [0.2, 0.25) is 0 Å². The largest absolute Gasteiger partial charge is 0.497 e. The minimum absolute atomic E-state index is 0.0704. The minimum atomic E-state index is -0.0704. The average molecular weight is 327 g/mol. The summed E-state index contributed by atoms with van der Waals surface area (Å²) in [5, 5.41) is 2.93. The van der Waals surface area contributed by atoms with Crippen molar-refractivity contribution in [3.8, 4) is 11.5 Å². The first-order chi connectivity index (χ1) is 11.6. The van der Waals surface area contributed by atoms with Crippen molar-refractivity contribution in [1.29, 1.82) is 0 Å². The molecule has 2 aromatic rings. The number of ether oxygens (including phenoxy) is 2. The Morgan fingerprint density at radius 3 is 2.21 bits per heavy atom. The maximum Gasteiger partial charge on any atom is 0.251 e. The SMILES string of the molecule is COc1ccc(CCNC(=O)c2ccc(OCC(C)C)cc2)cc1. The first-order valence-corrected chi connectivity index (χ1v) is 8.22. The molecule has 128 valence electrons. The molecule has 24 heavy (non-hydrogen) atoms. The van der Waals surface area contributed by atoms with E-state index in [0.717, 1.165) is 23.5 Å². The zero-order valence-electron chi connectivity index (χ0n) is 14.5. The molecule has 4 heteroatoms. The van der Waals surface area contributed by atoms with Gasteiger partial charge in [-0.05, 0) is 54.3 Å². The highest BCUT2D eigenvalue weighted by Gasteiger charge is 2.05. The van der Waals surface area contributed by atoms with Gasteiger partial charge >= 0.3 is 0 Å². The molecular formula is C20H25NO3. The smallest absolute Gasteiger partial charge is 0.251 e. The van der Waals surface area contributed by atoms with E-state index in [9.17, 15) is 4.79 Å². The van der Waals surface area contributed by atoms with Crippen molar-refractivity contribution >= 4 is 5.91 Å². The van der Waals surface area contributed by atoms with E-state index < -0.39 is 0 Å². The molecule has 0 aliphatic heterocycles. The van der Waals surface area contributed by atoms with Crippen molar-refractivity contribution in [1.82, 2.24) is 5.32 Å². The van der Waals surface area contributed by atoms with Crippen LogP contribution in [0.1, 0.15) is 29.8 Å². The molecule has 0 fully saturated rings. The predicted octanol–water partition coefficient (Wildman–Crippen LogP) is 3.70. The lowest BCUT2D eigenvalue weighted by molar-refractivity contribution is 0.0954. The molecule has 0 atom stereocenters. The van der Waals surface area contributed by atoms with Gasteiger partial charge in [-0.15, -0.1) is 0 Å². The summed E-state index contributed by atoms with van der Waals surface area (Å²) in [4.78, 5) is 12.1. The number of hydrogen-bond donors (Lipinski definition) is 1. The number of carbonyl (C=O) groups is 1. The summed E-state index contributed by atoms with van der Waals surface area (Å²) in [6.07, 6.45) is 0.783. The number of hydrogen-bond acceptors (Lipinski definition) is 3. The molecule has 2 rings (SSSR count). The number of carbonyl (C=O) groups excluding carboxylic acids is 1. The zero-order valence-corrected chi connectivity index (χ0v) is 14.5. The zero-order chi connectivity index (χ0) is 17.4. The molecule has 0 heterocycles. The molecular weight excluding hydrogens is 302 g/mol. The molecule has 0 aromatic heterocycles. The highest BCUT2D eigenvalue weighted by molar-refractivity contribution is 5.94. The Morgan fingerprint density at radius 1 is 1.00 bits per heavy atom. The van der Waals surface area contributed by atoms with E-state index in [1.165, 1.54) is 0 Å². The van der Waals surface area contributed by atoms with Crippen LogP contribution < -0.4 is 14.8 Å². The van der Waals surface area contributed by atoms with Crippen molar-refractivity contribution in [2.75, 3.05) is 20.3 Å². The van der Waals surface area contributed by atoms with Gasteiger partial charge in [-0.25, -0.2) is 0 Å². The molecule has 0 bridgehead atoms. The molecule has 0 saturated carbocycles. The van der Waals surface area contributed by atoms with Gasteiger partial charge in [0.15, 0.2) is 0 Å². The average Bonchev–Trinajstić information content (AvgIpc) is 2.61. The number of methoxy groups -OCH3 is 1. The molecule has 0 aliphatic rings. The Morgan fingerprint density at radius 2 is 1.62 bits per heavy atom. The van der Waals surface area contributed by atoms with Crippen LogP contribution in [0.5, 0.6) is 11.5 Å². The van der Waals surface area contributed by atoms with E-state index in [0.29, 0.717) is 24.6 Å². The first kappa shape index (κ1) is 17.9. The Bertz CT molecular complexity index is 633. The third-order valence-corrected chi connectivity index (χ3v) is 3.56. The topological polar surface area (TPSA) is 47.6 Å². The van der Waals surface area contributed by atoms with E-state index >= 15 is 0 Å². The molecule has 1 amide bonds. The highest BCUT2D eigenvalue weighted by Crippen LogP contribution is 2.14. The van der Waals surface area contributed by atoms with Crippen LogP contribution in [0.4, 0.5) is 0 Å². The maximum absolute atomic E-state index is 12.1. The molecule has 4 nitrogen and oxygen atoms in total. The van der Waals surface area contributed by atoms with Crippen molar-refractivity contribution in [2.45, 2.75) is 20.3 Å². The Kier molecular flexibility index (Phi) is 6.67. The lowest BCUT2D eigenvalue weighted by Gasteiger charge is -2.09. The van der Waals surface area contributed by atoms with E-state index in [1.807, 2.05) is 36.4 Å². The second-order valence-corrected chi connectivity index (χ2v) is 6.08. The van der Waals surface area contributed by atoms with Gasteiger partial charge in [-0.1, -0.05) is 26.0 Å². The normalized spacial score (nSPS) is 10.5. The van der Waals surface area contributed by atoms with Gasteiger partial charge in [0.05, 0.1) is 13.7 Å². The van der Waals surface area contributed by atoms with Gasteiger partial charge in [0.25, 0.3) is 5.91 Å². The van der Waals surface area contributed by atoms with Crippen molar-refractivity contribution in [3.63, 3.8) is 0 Å². The Hall–Kier alpha value is -2.49.